The molecule has 1 aliphatic heterocycles. The molecule has 1 aromatic carbocycles. The number of likely N-dealkylation sites (tertiary alicyclic amines) is 1. The fraction of sp³-hybridized carbons (Fsp3) is 0.739. The highest BCUT2D eigenvalue weighted by molar-refractivity contribution is 7.89. The van der Waals surface area contributed by atoms with Crippen molar-refractivity contribution < 1.29 is 26.3 Å². The standard InChI is InChI=1S/C23H35F3N2O3S/c1-27(32(29,30)22-12-8-20(9-13-22)23(24,25)26)21-10-6-19(7-11-21)18-31-17-5-16-28-14-3-2-4-15-28/h8-9,12-13,19,21H,2-7,10-11,14-18H2,1H3/t19-,21-. The second-order valence-corrected chi connectivity index (χ2v) is 11.0. The average molecular weight is 477 g/mol. The van der Waals surface area contributed by atoms with Crippen LogP contribution in [0.25, 0.3) is 0 Å². The van der Waals surface area contributed by atoms with E-state index in [0.29, 0.717) is 12.5 Å². The zero-order valence-corrected chi connectivity index (χ0v) is 19.6. The van der Waals surface area contributed by atoms with E-state index in [1.165, 1.54) is 43.7 Å². The first-order chi connectivity index (χ1) is 15.2. The summed E-state index contributed by atoms with van der Waals surface area (Å²) in [6.07, 6.45) is 3.76. The molecule has 0 radical (unpaired) electrons. The molecule has 2 fully saturated rings. The molecule has 1 saturated carbocycles. The van der Waals surface area contributed by atoms with Crippen molar-refractivity contribution >= 4 is 10.0 Å². The summed E-state index contributed by atoms with van der Waals surface area (Å²) in [7, 11) is -2.30. The smallest absolute Gasteiger partial charge is 0.381 e. The molecule has 32 heavy (non-hydrogen) atoms. The highest BCUT2D eigenvalue weighted by Crippen LogP contribution is 2.32. The molecule has 9 heteroatoms. The second kappa shape index (κ2) is 11.3. The van der Waals surface area contributed by atoms with E-state index in [4.69, 9.17) is 4.74 Å². The van der Waals surface area contributed by atoms with Gasteiger partial charge in [0.25, 0.3) is 0 Å². The molecule has 0 spiro atoms. The number of ether oxygens (including phenoxy) is 1. The Morgan fingerprint density at radius 3 is 2.25 bits per heavy atom. The summed E-state index contributed by atoms with van der Waals surface area (Å²) < 4.78 is 71.2. The largest absolute Gasteiger partial charge is 0.416 e. The van der Waals surface area contributed by atoms with Crippen molar-refractivity contribution in [3.8, 4) is 0 Å². The van der Waals surface area contributed by atoms with Gasteiger partial charge in [-0.2, -0.15) is 17.5 Å². The van der Waals surface area contributed by atoms with Crippen LogP contribution in [0.4, 0.5) is 13.2 Å². The van der Waals surface area contributed by atoms with Crippen molar-refractivity contribution in [2.75, 3.05) is 39.9 Å². The van der Waals surface area contributed by atoms with Gasteiger partial charge >= 0.3 is 6.18 Å². The Morgan fingerprint density at radius 2 is 1.66 bits per heavy atom. The van der Waals surface area contributed by atoms with Crippen molar-refractivity contribution in [1.29, 1.82) is 0 Å². The fourth-order valence-corrected chi connectivity index (χ4v) is 6.09. The zero-order chi connectivity index (χ0) is 23.2. The Morgan fingerprint density at radius 1 is 1.03 bits per heavy atom. The molecule has 3 rings (SSSR count). The lowest BCUT2D eigenvalue weighted by Gasteiger charge is -2.34. The van der Waals surface area contributed by atoms with Gasteiger partial charge in [0.05, 0.1) is 10.5 Å². The maximum absolute atomic E-state index is 12.9. The minimum atomic E-state index is -4.48. The molecule has 0 amide bonds. The number of hydrogen-bond donors (Lipinski definition) is 0. The molecule has 0 aromatic heterocycles. The van der Waals surface area contributed by atoms with E-state index in [1.54, 1.807) is 0 Å². The summed E-state index contributed by atoms with van der Waals surface area (Å²) in [4.78, 5) is 2.40. The Bertz CT molecular complexity index is 801. The van der Waals surface area contributed by atoms with E-state index in [2.05, 4.69) is 4.90 Å². The first-order valence-electron chi connectivity index (χ1n) is 11.6. The third kappa shape index (κ3) is 6.92. The Kier molecular flexibility index (Phi) is 9.00. The molecule has 0 N–H and O–H groups in total. The summed E-state index contributed by atoms with van der Waals surface area (Å²) in [6.45, 7) is 4.97. The molecular formula is C23H35F3N2O3S. The van der Waals surface area contributed by atoms with E-state index in [-0.39, 0.29) is 10.9 Å². The fourth-order valence-electron chi connectivity index (χ4n) is 4.68. The summed E-state index contributed by atoms with van der Waals surface area (Å²) in [5, 5.41) is 0. The minimum Gasteiger partial charge on any atom is -0.381 e. The van der Waals surface area contributed by atoms with Gasteiger partial charge in [0.1, 0.15) is 0 Å². The van der Waals surface area contributed by atoms with Gasteiger partial charge in [-0.15, -0.1) is 0 Å². The van der Waals surface area contributed by atoms with E-state index in [1.807, 2.05) is 0 Å². The van der Waals surface area contributed by atoms with E-state index >= 15 is 0 Å². The lowest BCUT2D eigenvalue weighted by molar-refractivity contribution is -0.137. The van der Waals surface area contributed by atoms with Crippen LogP contribution in [0.15, 0.2) is 29.2 Å². The maximum Gasteiger partial charge on any atom is 0.416 e. The lowest BCUT2D eigenvalue weighted by atomic mass is 9.86. The number of sulfonamides is 1. The van der Waals surface area contributed by atoms with Crippen molar-refractivity contribution in [2.24, 2.45) is 5.92 Å². The van der Waals surface area contributed by atoms with Gasteiger partial charge in [-0.3, -0.25) is 0 Å². The molecule has 2 aliphatic rings. The topological polar surface area (TPSA) is 49.9 Å². The van der Waals surface area contributed by atoms with Crippen molar-refractivity contribution in [2.45, 2.75) is 68.5 Å². The van der Waals surface area contributed by atoms with Gasteiger partial charge in [0, 0.05) is 32.8 Å². The molecule has 1 aliphatic carbocycles. The minimum absolute atomic E-state index is 0.104. The summed E-state index contributed by atoms with van der Waals surface area (Å²) in [6, 6.07) is 3.58. The monoisotopic (exact) mass is 476 g/mol. The van der Waals surface area contributed by atoms with E-state index < -0.39 is 21.8 Å². The Labute approximate surface area is 190 Å². The Hall–Kier alpha value is -1.16. The van der Waals surface area contributed by atoms with Crippen LogP contribution in [0, 0.1) is 5.92 Å². The van der Waals surface area contributed by atoms with Gasteiger partial charge in [0.15, 0.2) is 0 Å². The molecule has 0 bridgehead atoms. The van der Waals surface area contributed by atoms with Gasteiger partial charge in [-0.25, -0.2) is 8.42 Å². The lowest BCUT2D eigenvalue weighted by Crippen LogP contribution is -2.40. The van der Waals surface area contributed by atoms with Crippen LogP contribution >= 0.6 is 0 Å². The van der Waals surface area contributed by atoms with Crippen molar-refractivity contribution in [1.82, 2.24) is 9.21 Å². The number of halogens is 3. The summed E-state index contributed by atoms with van der Waals surface area (Å²) >= 11 is 0. The highest BCUT2D eigenvalue weighted by Gasteiger charge is 2.33. The van der Waals surface area contributed by atoms with Crippen LogP contribution in [0.3, 0.4) is 0 Å². The summed E-state index contributed by atoms with van der Waals surface area (Å²) in [5.74, 6) is 0.434. The number of nitrogens with zero attached hydrogens (tertiary/aromatic N) is 2. The van der Waals surface area contributed by atoms with Crippen molar-refractivity contribution in [3.05, 3.63) is 29.8 Å². The molecule has 1 aromatic rings. The van der Waals surface area contributed by atoms with Crippen LogP contribution in [0.5, 0.6) is 0 Å². The molecule has 1 heterocycles. The van der Waals surface area contributed by atoms with Crippen LogP contribution in [-0.2, 0) is 20.9 Å². The molecule has 182 valence electrons. The molecule has 1 saturated heterocycles. The zero-order valence-electron chi connectivity index (χ0n) is 18.8. The number of rotatable bonds is 9. The third-order valence-electron chi connectivity index (χ3n) is 6.75. The highest BCUT2D eigenvalue weighted by atomic mass is 32.2. The normalized spacial score (nSPS) is 23.5. The number of hydrogen-bond acceptors (Lipinski definition) is 4. The predicted molar refractivity (Wildman–Crippen MR) is 118 cm³/mol. The first-order valence-corrected chi connectivity index (χ1v) is 13.1. The van der Waals surface area contributed by atoms with Gasteiger partial charge in [0.2, 0.25) is 10.0 Å². The van der Waals surface area contributed by atoms with Crippen molar-refractivity contribution in [3.63, 3.8) is 0 Å². The van der Waals surface area contributed by atoms with Gasteiger partial charge in [-0.05, 0) is 88.2 Å². The van der Waals surface area contributed by atoms with E-state index in [9.17, 15) is 21.6 Å². The number of piperidine rings is 1. The predicted octanol–water partition coefficient (Wildman–Crippen LogP) is 4.78. The number of benzene rings is 1. The summed E-state index contributed by atoms with van der Waals surface area (Å²) in [5.41, 5.74) is -0.851. The van der Waals surface area contributed by atoms with Crippen LogP contribution in [-0.4, -0.2) is 63.6 Å². The second-order valence-electron chi connectivity index (χ2n) is 9.05. The molecule has 0 atom stereocenters. The van der Waals surface area contributed by atoms with Gasteiger partial charge in [-0.1, -0.05) is 6.42 Å². The van der Waals surface area contributed by atoms with Crippen LogP contribution in [0.2, 0.25) is 0 Å². The van der Waals surface area contributed by atoms with Crippen LogP contribution < -0.4 is 0 Å². The maximum atomic E-state index is 12.9. The van der Waals surface area contributed by atoms with E-state index in [0.717, 1.165) is 69.5 Å². The third-order valence-corrected chi connectivity index (χ3v) is 8.68. The van der Waals surface area contributed by atoms with Crippen LogP contribution in [0.1, 0.15) is 56.9 Å². The molecule has 5 nitrogen and oxygen atoms in total. The Balaban J connectivity index is 1.40. The van der Waals surface area contributed by atoms with Gasteiger partial charge < -0.3 is 9.64 Å². The first kappa shape index (κ1) is 25.5. The molecular weight excluding hydrogens is 441 g/mol. The molecule has 0 unspecified atom stereocenters. The average Bonchev–Trinajstić information content (AvgIpc) is 2.79. The quantitative estimate of drug-likeness (QED) is 0.482. The SMILES string of the molecule is CN([C@H]1CC[C@H](COCCCN2CCCCC2)CC1)S(=O)(=O)c1ccc(C(F)(F)F)cc1. The number of alkyl halides is 3.